The molecule has 0 aliphatic carbocycles. The van der Waals surface area contributed by atoms with Gasteiger partial charge < -0.3 is 4.74 Å². The first-order valence-electron chi connectivity index (χ1n) is 7.89. The van der Waals surface area contributed by atoms with Crippen LogP contribution in [0.25, 0.3) is 28.4 Å². The lowest BCUT2D eigenvalue weighted by Gasteiger charge is -2.02. The smallest absolute Gasteiger partial charge is 0.302 e. The van der Waals surface area contributed by atoms with E-state index in [0.29, 0.717) is 9.97 Å². The summed E-state index contributed by atoms with van der Waals surface area (Å²) in [6.45, 7) is 0. The molecule has 0 spiro atoms. The highest BCUT2D eigenvalue weighted by atomic mass is 32.1. The van der Waals surface area contributed by atoms with E-state index in [1.54, 1.807) is 7.11 Å². The van der Waals surface area contributed by atoms with E-state index in [9.17, 15) is 4.79 Å². The summed E-state index contributed by atoms with van der Waals surface area (Å²) >= 11 is 1.30. The van der Waals surface area contributed by atoms with Crippen LogP contribution in [0.15, 0.2) is 59.4 Å². The predicted molar refractivity (Wildman–Crippen MR) is 102 cm³/mol. The van der Waals surface area contributed by atoms with E-state index in [0.717, 1.165) is 16.9 Å². The Labute approximate surface area is 153 Å². The third-order valence-electron chi connectivity index (χ3n) is 3.80. The molecule has 2 aromatic heterocycles. The van der Waals surface area contributed by atoms with Gasteiger partial charge in [-0.2, -0.15) is 9.61 Å². The van der Waals surface area contributed by atoms with Gasteiger partial charge in [0.05, 0.1) is 7.11 Å². The van der Waals surface area contributed by atoms with Crippen molar-refractivity contribution in [3.63, 3.8) is 0 Å². The molecule has 0 bridgehead atoms. The summed E-state index contributed by atoms with van der Waals surface area (Å²) in [5.41, 5.74) is 1.65. The number of fused-ring (bicyclic) bond motifs is 1. The molecule has 2 aromatic carbocycles. The number of methoxy groups -OCH3 is 1. The van der Waals surface area contributed by atoms with E-state index < -0.39 is 0 Å². The number of rotatable bonds is 4. The molecule has 7 heteroatoms. The number of ether oxygens (including phenoxy) is 1. The number of hydrogen-bond acceptors (Lipinski definition) is 6. The summed E-state index contributed by atoms with van der Waals surface area (Å²) in [4.78, 5) is 13.1. The molecular weight excluding hydrogens is 348 g/mol. The van der Waals surface area contributed by atoms with Crippen LogP contribution in [0.2, 0.25) is 0 Å². The molecule has 0 radical (unpaired) electrons. The van der Waals surface area contributed by atoms with Gasteiger partial charge in [0.15, 0.2) is 5.69 Å². The highest BCUT2D eigenvalue weighted by Gasteiger charge is 2.12. The highest BCUT2D eigenvalue weighted by molar-refractivity contribution is 7.17. The van der Waals surface area contributed by atoms with Gasteiger partial charge in [0.1, 0.15) is 10.8 Å². The third-order valence-corrected chi connectivity index (χ3v) is 4.66. The molecule has 2 heterocycles. The van der Waals surface area contributed by atoms with Crippen molar-refractivity contribution < 1.29 is 4.74 Å². The molecular formula is C19H14N4O2S. The van der Waals surface area contributed by atoms with E-state index in [4.69, 9.17) is 4.74 Å². The van der Waals surface area contributed by atoms with Crippen LogP contribution in [0, 0.1) is 0 Å². The Morgan fingerprint density at radius 3 is 2.58 bits per heavy atom. The van der Waals surface area contributed by atoms with Gasteiger partial charge in [0, 0.05) is 11.1 Å². The van der Waals surface area contributed by atoms with Crippen molar-refractivity contribution in [1.82, 2.24) is 19.8 Å². The fourth-order valence-electron chi connectivity index (χ4n) is 2.54. The van der Waals surface area contributed by atoms with E-state index in [-0.39, 0.29) is 11.3 Å². The van der Waals surface area contributed by atoms with Gasteiger partial charge in [-0.05, 0) is 18.2 Å². The van der Waals surface area contributed by atoms with Crippen LogP contribution in [0.5, 0.6) is 5.75 Å². The molecule has 0 aliphatic heterocycles. The van der Waals surface area contributed by atoms with Crippen LogP contribution in [0.4, 0.5) is 0 Å². The Balaban J connectivity index is 1.73. The molecule has 0 fully saturated rings. The van der Waals surface area contributed by atoms with Gasteiger partial charge in [-0.25, -0.2) is 0 Å². The van der Waals surface area contributed by atoms with Crippen molar-refractivity contribution in [3.8, 4) is 17.0 Å². The van der Waals surface area contributed by atoms with E-state index in [1.165, 1.54) is 15.9 Å². The third kappa shape index (κ3) is 3.00. The lowest BCUT2D eigenvalue weighted by Crippen LogP contribution is -2.19. The lowest BCUT2D eigenvalue weighted by atomic mass is 10.2. The average Bonchev–Trinajstić information content (AvgIpc) is 3.12. The molecule has 0 saturated carbocycles. The van der Waals surface area contributed by atoms with Gasteiger partial charge in [-0.15, -0.1) is 10.2 Å². The molecule has 0 saturated heterocycles. The van der Waals surface area contributed by atoms with E-state index >= 15 is 0 Å². The summed E-state index contributed by atoms with van der Waals surface area (Å²) in [6.07, 6.45) is 3.73. The second-order valence-electron chi connectivity index (χ2n) is 5.43. The Hall–Kier alpha value is -3.32. The quantitative estimate of drug-likeness (QED) is 0.557. The molecule has 0 atom stereocenters. The molecule has 128 valence electrons. The number of para-hydroxylation sites is 1. The number of hydrogen-bond donors (Lipinski definition) is 0. The van der Waals surface area contributed by atoms with Gasteiger partial charge in [0.2, 0.25) is 4.96 Å². The monoisotopic (exact) mass is 362 g/mol. The first-order chi connectivity index (χ1) is 12.8. The van der Waals surface area contributed by atoms with Crippen molar-refractivity contribution in [2.75, 3.05) is 7.11 Å². The first-order valence-corrected chi connectivity index (χ1v) is 8.71. The zero-order valence-electron chi connectivity index (χ0n) is 13.9. The van der Waals surface area contributed by atoms with Crippen LogP contribution >= 0.6 is 11.3 Å². The Bertz CT molecular complexity index is 1150. The van der Waals surface area contributed by atoms with Crippen molar-refractivity contribution in [2.45, 2.75) is 0 Å². The SMILES string of the molecule is COc1ccccc1/C=C/c1nn2c(=O)c(-c3ccccc3)nnc2s1. The van der Waals surface area contributed by atoms with E-state index in [1.807, 2.05) is 66.7 Å². The molecule has 4 aromatic rings. The van der Waals surface area contributed by atoms with Gasteiger partial charge in [-0.1, -0.05) is 59.9 Å². The largest absolute Gasteiger partial charge is 0.496 e. The van der Waals surface area contributed by atoms with Crippen molar-refractivity contribution in [1.29, 1.82) is 0 Å². The molecule has 0 aliphatic rings. The summed E-state index contributed by atoms with van der Waals surface area (Å²) in [7, 11) is 1.63. The average molecular weight is 362 g/mol. The number of aromatic nitrogens is 4. The summed E-state index contributed by atoms with van der Waals surface area (Å²) < 4.78 is 6.62. The van der Waals surface area contributed by atoms with Gasteiger partial charge in [-0.3, -0.25) is 4.79 Å². The minimum absolute atomic E-state index is 0.283. The number of benzene rings is 2. The molecule has 6 nitrogen and oxygen atoms in total. The molecule has 26 heavy (non-hydrogen) atoms. The van der Waals surface area contributed by atoms with Crippen molar-refractivity contribution in [2.24, 2.45) is 0 Å². The fraction of sp³-hybridized carbons (Fsp3) is 0.0526. The fourth-order valence-corrected chi connectivity index (χ4v) is 3.28. The molecule has 0 unspecified atom stereocenters. The van der Waals surface area contributed by atoms with Crippen LogP contribution < -0.4 is 10.3 Å². The minimum atomic E-state index is -0.283. The van der Waals surface area contributed by atoms with Crippen LogP contribution in [0.3, 0.4) is 0 Å². The van der Waals surface area contributed by atoms with Crippen LogP contribution in [0.1, 0.15) is 10.6 Å². The Morgan fingerprint density at radius 2 is 1.77 bits per heavy atom. The van der Waals surface area contributed by atoms with Crippen molar-refractivity contribution in [3.05, 3.63) is 75.5 Å². The zero-order chi connectivity index (χ0) is 17.9. The maximum absolute atomic E-state index is 12.7. The summed E-state index contributed by atoms with van der Waals surface area (Å²) in [5, 5.41) is 13.2. The topological polar surface area (TPSA) is 69.4 Å². The Morgan fingerprint density at radius 1 is 1.00 bits per heavy atom. The molecule has 0 N–H and O–H groups in total. The minimum Gasteiger partial charge on any atom is -0.496 e. The predicted octanol–water partition coefficient (Wildman–Crippen LogP) is 3.39. The second kappa shape index (κ2) is 6.89. The second-order valence-corrected chi connectivity index (χ2v) is 6.42. The molecule has 4 rings (SSSR count). The standard InChI is InChI=1S/C19H14N4O2S/c1-25-15-10-6-5-7-13(15)11-12-16-22-23-18(24)17(20-21-19(23)26-16)14-8-3-2-4-9-14/h2-12H,1H3/b12-11+. The molecule has 0 amide bonds. The van der Waals surface area contributed by atoms with E-state index in [2.05, 4.69) is 15.3 Å². The zero-order valence-corrected chi connectivity index (χ0v) is 14.7. The number of nitrogens with zero attached hydrogens (tertiary/aromatic N) is 4. The van der Waals surface area contributed by atoms with Crippen molar-refractivity contribution >= 4 is 28.4 Å². The summed E-state index contributed by atoms with van der Waals surface area (Å²) in [5.74, 6) is 0.771. The van der Waals surface area contributed by atoms with Gasteiger partial charge in [0.25, 0.3) is 0 Å². The normalized spacial score (nSPS) is 11.3. The first kappa shape index (κ1) is 16.2. The Kier molecular flexibility index (Phi) is 4.28. The maximum atomic E-state index is 12.7. The van der Waals surface area contributed by atoms with Crippen LogP contribution in [-0.2, 0) is 0 Å². The van der Waals surface area contributed by atoms with Gasteiger partial charge >= 0.3 is 5.56 Å². The lowest BCUT2D eigenvalue weighted by molar-refractivity contribution is 0.414. The maximum Gasteiger partial charge on any atom is 0.302 e. The van der Waals surface area contributed by atoms with Crippen LogP contribution in [-0.4, -0.2) is 26.9 Å². The highest BCUT2D eigenvalue weighted by Crippen LogP contribution is 2.21. The summed E-state index contributed by atoms with van der Waals surface area (Å²) in [6, 6.07) is 16.9.